The summed E-state index contributed by atoms with van der Waals surface area (Å²) in [5.41, 5.74) is 3.41. The molecule has 0 amide bonds. The van der Waals surface area contributed by atoms with E-state index in [9.17, 15) is 4.79 Å². The van der Waals surface area contributed by atoms with Crippen molar-refractivity contribution in [2.45, 2.75) is 17.9 Å². The van der Waals surface area contributed by atoms with Gasteiger partial charge in [-0.3, -0.25) is 9.20 Å². The van der Waals surface area contributed by atoms with E-state index in [1.807, 2.05) is 42.8 Å². The van der Waals surface area contributed by atoms with Crippen molar-refractivity contribution in [1.82, 2.24) is 24.6 Å². The fraction of sp³-hybridized carbons (Fsp3) is 0.111. The smallest absolute Gasteiger partial charge is 0.277 e. The van der Waals surface area contributed by atoms with Gasteiger partial charge in [0.2, 0.25) is 0 Å². The summed E-state index contributed by atoms with van der Waals surface area (Å²) in [4.78, 5) is 20.7. The molecule has 4 aromatic heterocycles. The third-order valence-electron chi connectivity index (χ3n) is 4.20. The first-order chi connectivity index (χ1) is 13.2. The number of aromatic amines is 1. The number of fused-ring (bicyclic) bond motifs is 2. The van der Waals surface area contributed by atoms with Gasteiger partial charge in [0.05, 0.1) is 11.3 Å². The number of aryl methyl sites for hydroxylation is 1. The van der Waals surface area contributed by atoms with Crippen LogP contribution in [0.3, 0.4) is 0 Å². The van der Waals surface area contributed by atoms with Crippen LogP contribution in [0.5, 0.6) is 0 Å². The number of rotatable bonds is 4. The topological polar surface area (TPSA) is 89.1 Å². The SMILES string of the molecule is Cc1csc2nc(CSc3nnc(-c4c[nH]c5ccccc45)o3)cc(=O)n12. The van der Waals surface area contributed by atoms with Crippen LogP contribution in [-0.4, -0.2) is 24.6 Å². The molecule has 0 saturated heterocycles. The highest BCUT2D eigenvalue weighted by molar-refractivity contribution is 7.98. The number of aromatic nitrogens is 5. The molecular weight excluding hydrogens is 382 g/mol. The third-order valence-corrected chi connectivity index (χ3v) is 5.99. The van der Waals surface area contributed by atoms with Gasteiger partial charge < -0.3 is 9.40 Å². The normalized spacial score (nSPS) is 11.6. The Hall–Kier alpha value is -2.91. The van der Waals surface area contributed by atoms with Crippen LogP contribution in [0.15, 0.2) is 56.3 Å². The van der Waals surface area contributed by atoms with Gasteiger partial charge in [-0.2, -0.15) is 0 Å². The molecule has 0 spiro atoms. The standard InChI is InChI=1S/C18H13N5O2S2/c1-10-8-26-17-20-11(6-15(24)23(10)17)9-27-18-22-21-16(25-18)13-7-19-14-5-3-2-4-12(13)14/h2-8,19H,9H2,1H3. The van der Waals surface area contributed by atoms with Gasteiger partial charge in [0.25, 0.3) is 16.7 Å². The highest BCUT2D eigenvalue weighted by atomic mass is 32.2. The largest absolute Gasteiger partial charge is 0.411 e. The molecule has 0 aliphatic heterocycles. The molecule has 5 rings (SSSR count). The molecule has 0 unspecified atom stereocenters. The van der Waals surface area contributed by atoms with Gasteiger partial charge in [-0.25, -0.2) is 4.98 Å². The van der Waals surface area contributed by atoms with Crippen LogP contribution in [-0.2, 0) is 5.75 Å². The number of H-pyrrole nitrogens is 1. The average molecular weight is 395 g/mol. The Kier molecular flexibility index (Phi) is 3.83. The lowest BCUT2D eigenvalue weighted by molar-refractivity contribution is 0.466. The number of para-hydroxylation sites is 1. The summed E-state index contributed by atoms with van der Waals surface area (Å²) in [6.07, 6.45) is 1.86. The van der Waals surface area contributed by atoms with E-state index in [4.69, 9.17) is 4.42 Å². The third kappa shape index (κ3) is 2.84. The van der Waals surface area contributed by atoms with Crippen LogP contribution in [0.25, 0.3) is 27.3 Å². The second kappa shape index (κ2) is 6.36. The number of thiazole rings is 1. The monoisotopic (exact) mass is 395 g/mol. The lowest BCUT2D eigenvalue weighted by Gasteiger charge is -1.99. The van der Waals surface area contributed by atoms with Crippen molar-refractivity contribution in [1.29, 1.82) is 0 Å². The maximum Gasteiger partial charge on any atom is 0.277 e. The summed E-state index contributed by atoms with van der Waals surface area (Å²) in [5.74, 6) is 0.949. The molecule has 0 radical (unpaired) electrons. The second-order valence-corrected chi connectivity index (χ2v) is 7.75. The molecule has 5 aromatic rings. The number of nitrogens with one attached hydrogen (secondary N) is 1. The van der Waals surface area contributed by atoms with Crippen molar-refractivity contribution < 1.29 is 4.42 Å². The van der Waals surface area contributed by atoms with Gasteiger partial charge >= 0.3 is 0 Å². The van der Waals surface area contributed by atoms with Crippen molar-refractivity contribution in [3.63, 3.8) is 0 Å². The summed E-state index contributed by atoms with van der Waals surface area (Å²) in [5, 5.41) is 11.7. The zero-order valence-corrected chi connectivity index (χ0v) is 15.8. The molecule has 0 fully saturated rings. The van der Waals surface area contributed by atoms with E-state index in [0.29, 0.717) is 27.5 Å². The van der Waals surface area contributed by atoms with Crippen molar-refractivity contribution in [3.8, 4) is 11.5 Å². The highest BCUT2D eigenvalue weighted by Crippen LogP contribution is 2.30. The summed E-state index contributed by atoms with van der Waals surface area (Å²) in [6.45, 7) is 1.89. The van der Waals surface area contributed by atoms with Gasteiger partial charge in [0, 0.05) is 40.0 Å². The van der Waals surface area contributed by atoms with Crippen LogP contribution >= 0.6 is 23.1 Å². The van der Waals surface area contributed by atoms with Gasteiger partial charge in [-0.1, -0.05) is 30.0 Å². The maximum atomic E-state index is 12.2. The van der Waals surface area contributed by atoms with E-state index in [-0.39, 0.29) is 5.56 Å². The van der Waals surface area contributed by atoms with E-state index in [0.717, 1.165) is 22.2 Å². The first-order valence-corrected chi connectivity index (χ1v) is 10.0. The number of thioether (sulfide) groups is 1. The molecule has 9 heteroatoms. The lowest BCUT2D eigenvalue weighted by atomic mass is 10.2. The van der Waals surface area contributed by atoms with Gasteiger partial charge in [-0.05, 0) is 13.0 Å². The Morgan fingerprint density at radius 3 is 3.11 bits per heavy atom. The Labute approximate surface area is 161 Å². The summed E-state index contributed by atoms with van der Waals surface area (Å²) >= 11 is 2.82. The first kappa shape index (κ1) is 16.3. The molecule has 0 saturated carbocycles. The van der Waals surface area contributed by atoms with Gasteiger partial charge in [-0.15, -0.1) is 21.5 Å². The minimum Gasteiger partial charge on any atom is -0.411 e. The Balaban J connectivity index is 1.39. The van der Waals surface area contributed by atoms with Crippen LogP contribution in [0.4, 0.5) is 0 Å². The zero-order chi connectivity index (χ0) is 18.4. The van der Waals surface area contributed by atoms with Gasteiger partial charge in [0.15, 0.2) is 4.96 Å². The van der Waals surface area contributed by atoms with Crippen LogP contribution in [0.1, 0.15) is 11.4 Å². The van der Waals surface area contributed by atoms with Crippen molar-refractivity contribution in [3.05, 3.63) is 63.7 Å². The first-order valence-electron chi connectivity index (χ1n) is 8.18. The fourth-order valence-electron chi connectivity index (χ4n) is 2.94. The number of nitrogens with zero attached hydrogens (tertiary/aromatic N) is 4. The molecule has 0 aliphatic carbocycles. The number of benzene rings is 1. The zero-order valence-electron chi connectivity index (χ0n) is 14.2. The Morgan fingerprint density at radius 2 is 2.19 bits per heavy atom. The molecule has 1 aromatic carbocycles. The van der Waals surface area contributed by atoms with E-state index >= 15 is 0 Å². The quantitative estimate of drug-likeness (QED) is 0.465. The molecule has 4 heterocycles. The van der Waals surface area contributed by atoms with Crippen molar-refractivity contribution in [2.75, 3.05) is 0 Å². The fourth-order valence-corrected chi connectivity index (χ4v) is 4.48. The Morgan fingerprint density at radius 1 is 1.30 bits per heavy atom. The molecule has 1 N–H and O–H groups in total. The lowest BCUT2D eigenvalue weighted by Crippen LogP contribution is -2.14. The highest BCUT2D eigenvalue weighted by Gasteiger charge is 2.14. The van der Waals surface area contributed by atoms with Crippen LogP contribution in [0.2, 0.25) is 0 Å². The maximum absolute atomic E-state index is 12.2. The predicted molar refractivity (Wildman–Crippen MR) is 105 cm³/mol. The molecule has 7 nitrogen and oxygen atoms in total. The van der Waals surface area contributed by atoms with E-state index in [1.165, 1.54) is 23.1 Å². The van der Waals surface area contributed by atoms with E-state index in [1.54, 1.807) is 10.5 Å². The second-order valence-electron chi connectivity index (χ2n) is 5.99. The number of hydrogen-bond donors (Lipinski definition) is 1. The molecule has 27 heavy (non-hydrogen) atoms. The molecule has 0 bridgehead atoms. The average Bonchev–Trinajstić information content (AvgIpc) is 3.38. The van der Waals surface area contributed by atoms with E-state index < -0.39 is 0 Å². The van der Waals surface area contributed by atoms with Crippen LogP contribution in [0, 0.1) is 6.92 Å². The number of hydrogen-bond acceptors (Lipinski definition) is 7. The molecule has 134 valence electrons. The summed E-state index contributed by atoms with van der Waals surface area (Å²) < 4.78 is 7.40. The minimum atomic E-state index is -0.0700. The van der Waals surface area contributed by atoms with Crippen molar-refractivity contribution in [2.24, 2.45) is 0 Å². The van der Waals surface area contributed by atoms with E-state index in [2.05, 4.69) is 20.2 Å². The molecule has 0 aliphatic rings. The Bertz CT molecular complexity index is 1330. The predicted octanol–water partition coefficient (Wildman–Crippen LogP) is 3.89. The van der Waals surface area contributed by atoms with Gasteiger partial charge in [0.1, 0.15) is 0 Å². The summed E-state index contributed by atoms with van der Waals surface area (Å²) in [7, 11) is 0. The molecular formula is C18H13N5O2S2. The van der Waals surface area contributed by atoms with Crippen LogP contribution < -0.4 is 5.56 Å². The molecule has 0 atom stereocenters. The summed E-state index contributed by atoms with van der Waals surface area (Å²) in [6, 6.07) is 9.50. The minimum absolute atomic E-state index is 0.0700. The van der Waals surface area contributed by atoms with Crippen molar-refractivity contribution >= 4 is 39.0 Å².